The Bertz CT molecular complexity index is 753. The number of rotatable bonds is 4. The summed E-state index contributed by atoms with van der Waals surface area (Å²) >= 11 is 0. The van der Waals surface area contributed by atoms with E-state index in [0.29, 0.717) is 32.5 Å². The van der Waals surface area contributed by atoms with Gasteiger partial charge in [0.15, 0.2) is 0 Å². The fourth-order valence-corrected chi connectivity index (χ4v) is 3.93. The second kappa shape index (κ2) is 6.78. The Morgan fingerprint density at radius 3 is 2.88 bits per heavy atom. The van der Waals surface area contributed by atoms with Crippen molar-refractivity contribution in [1.29, 1.82) is 0 Å². The molecule has 0 spiro atoms. The summed E-state index contributed by atoms with van der Waals surface area (Å²) in [5.74, 6) is 0.0858. The predicted octanol–water partition coefficient (Wildman–Crippen LogP) is 1.01. The number of hydrogen-bond donors (Lipinski definition) is 2. The first-order valence-electron chi connectivity index (χ1n) is 8.98. The summed E-state index contributed by atoms with van der Waals surface area (Å²) in [5.41, 5.74) is 1.27. The van der Waals surface area contributed by atoms with Crippen molar-refractivity contribution < 1.29 is 14.6 Å². The second-order valence-corrected chi connectivity index (χ2v) is 7.21. The van der Waals surface area contributed by atoms with E-state index < -0.39 is 5.60 Å². The number of ether oxygens (including phenoxy) is 1. The highest BCUT2D eigenvalue weighted by Gasteiger charge is 2.39. The van der Waals surface area contributed by atoms with Gasteiger partial charge in [0.1, 0.15) is 0 Å². The maximum Gasteiger partial charge on any atom is 0.227 e. The van der Waals surface area contributed by atoms with Crippen LogP contribution in [0.25, 0.3) is 10.9 Å². The lowest BCUT2D eigenvalue weighted by Crippen LogP contribution is -2.49. The van der Waals surface area contributed by atoms with Crippen LogP contribution in [0.1, 0.15) is 12.0 Å². The lowest BCUT2D eigenvalue weighted by Gasteiger charge is -2.33. The molecule has 2 aromatic rings. The van der Waals surface area contributed by atoms with Crippen molar-refractivity contribution in [2.75, 3.05) is 45.9 Å². The summed E-state index contributed by atoms with van der Waals surface area (Å²) in [6.07, 6.45) is 2.93. The van der Waals surface area contributed by atoms with Crippen LogP contribution in [0.2, 0.25) is 0 Å². The molecule has 0 aliphatic carbocycles. The van der Waals surface area contributed by atoms with Gasteiger partial charge in [-0.25, -0.2) is 0 Å². The Kier molecular flexibility index (Phi) is 4.50. The van der Waals surface area contributed by atoms with Gasteiger partial charge in [0.25, 0.3) is 0 Å². The number of aliphatic hydroxyl groups is 1. The van der Waals surface area contributed by atoms with Crippen LogP contribution in [-0.4, -0.2) is 77.3 Å². The third-order valence-corrected chi connectivity index (χ3v) is 5.32. The van der Waals surface area contributed by atoms with Crippen molar-refractivity contribution in [3.63, 3.8) is 0 Å². The van der Waals surface area contributed by atoms with Crippen molar-refractivity contribution in [3.05, 3.63) is 36.0 Å². The molecule has 6 heteroatoms. The summed E-state index contributed by atoms with van der Waals surface area (Å²) in [5, 5.41) is 12.0. The average Bonchev–Trinajstić information content (AvgIpc) is 3.20. The van der Waals surface area contributed by atoms with Gasteiger partial charge in [0, 0.05) is 43.3 Å². The SMILES string of the molecule is O=C(Cc1c[nH]c2ccccc12)N1CCC(O)(CN2CCOCC2)C1. The van der Waals surface area contributed by atoms with Crippen LogP contribution < -0.4 is 0 Å². The zero-order valence-corrected chi connectivity index (χ0v) is 14.4. The average molecular weight is 343 g/mol. The number of morpholine rings is 1. The Labute approximate surface area is 147 Å². The summed E-state index contributed by atoms with van der Waals surface area (Å²) in [6, 6.07) is 8.02. The van der Waals surface area contributed by atoms with Gasteiger partial charge < -0.3 is 19.7 Å². The molecule has 2 aliphatic rings. The van der Waals surface area contributed by atoms with Crippen molar-refractivity contribution in [2.24, 2.45) is 0 Å². The topological polar surface area (TPSA) is 68.8 Å². The van der Waals surface area contributed by atoms with Crippen molar-refractivity contribution in [2.45, 2.75) is 18.4 Å². The first-order valence-corrected chi connectivity index (χ1v) is 8.98. The Balaban J connectivity index is 1.38. The van der Waals surface area contributed by atoms with Crippen molar-refractivity contribution in [3.8, 4) is 0 Å². The normalized spacial score (nSPS) is 24.9. The molecule has 1 aromatic carbocycles. The molecule has 1 amide bonds. The van der Waals surface area contributed by atoms with Crippen LogP contribution in [0.5, 0.6) is 0 Å². The Morgan fingerprint density at radius 2 is 2.04 bits per heavy atom. The van der Waals surface area contributed by atoms with E-state index in [9.17, 15) is 9.90 Å². The number of aromatic amines is 1. The lowest BCUT2D eigenvalue weighted by molar-refractivity contribution is -0.130. The molecule has 0 radical (unpaired) electrons. The molecule has 2 saturated heterocycles. The monoisotopic (exact) mass is 343 g/mol. The molecule has 2 aliphatic heterocycles. The van der Waals surface area contributed by atoms with Crippen molar-refractivity contribution >= 4 is 16.8 Å². The molecule has 0 saturated carbocycles. The number of nitrogens with zero attached hydrogens (tertiary/aromatic N) is 2. The lowest BCUT2D eigenvalue weighted by atomic mass is 10.0. The second-order valence-electron chi connectivity index (χ2n) is 7.21. The number of benzene rings is 1. The Hall–Kier alpha value is -1.89. The number of aromatic nitrogens is 1. The fourth-order valence-electron chi connectivity index (χ4n) is 3.93. The van der Waals surface area contributed by atoms with Gasteiger partial charge >= 0.3 is 0 Å². The van der Waals surface area contributed by atoms with Crippen LogP contribution in [0, 0.1) is 0 Å². The smallest absolute Gasteiger partial charge is 0.227 e. The number of carbonyl (C=O) groups excluding carboxylic acids is 1. The molecule has 134 valence electrons. The Morgan fingerprint density at radius 1 is 1.24 bits per heavy atom. The van der Waals surface area contributed by atoms with Gasteiger partial charge in [-0.05, 0) is 18.1 Å². The third-order valence-electron chi connectivity index (χ3n) is 5.32. The van der Waals surface area contributed by atoms with Gasteiger partial charge in [0.05, 0.1) is 31.8 Å². The molecule has 4 rings (SSSR count). The van der Waals surface area contributed by atoms with Crippen LogP contribution >= 0.6 is 0 Å². The number of para-hydroxylation sites is 1. The van der Waals surface area contributed by atoms with E-state index in [1.807, 2.05) is 35.4 Å². The van der Waals surface area contributed by atoms with E-state index in [-0.39, 0.29) is 5.91 Å². The fraction of sp³-hybridized carbons (Fsp3) is 0.526. The molecular weight excluding hydrogens is 318 g/mol. The van der Waals surface area contributed by atoms with E-state index in [1.165, 1.54) is 0 Å². The number of likely N-dealkylation sites (tertiary alicyclic amines) is 1. The van der Waals surface area contributed by atoms with E-state index in [4.69, 9.17) is 4.74 Å². The predicted molar refractivity (Wildman–Crippen MR) is 95.4 cm³/mol. The molecule has 2 fully saturated rings. The molecular formula is C19H25N3O3. The number of H-pyrrole nitrogens is 1. The molecule has 1 unspecified atom stereocenters. The van der Waals surface area contributed by atoms with Gasteiger partial charge in [-0.3, -0.25) is 9.69 Å². The summed E-state index contributed by atoms with van der Waals surface area (Å²) in [6.45, 7) is 4.82. The van der Waals surface area contributed by atoms with Gasteiger partial charge in [-0.2, -0.15) is 0 Å². The molecule has 1 aromatic heterocycles. The van der Waals surface area contributed by atoms with Crippen LogP contribution in [0.3, 0.4) is 0 Å². The number of amides is 1. The highest BCUT2D eigenvalue weighted by molar-refractivity contribution is 5.89. The van der Waals surface area contributed by atoms with E-state index in [2.05, 4.69) is 9.88 Å². The summed E-state index contributed by atoms with van der Waals surface area (Å²) in [7, 11) is 0. The van der Waals surface area contributed by atoms with Gasteiger partial charge in [0.2, 0.25) is 5.91 Å². The minimum absolute atomic E-state index is 0.0858. The number of hydrogen-bond acceptors (Lipinski definition) is 4. The third kappa shape index (κ3) is 3.56. The van der Waals surface area contributed by atoms with E-state index in [0.717, 1.165) is 42.8 Å². The summed E-state index contributed by atoms with van der Waals surface area (Å²) in [4.78, 5) is 20.0. The highest BCUT2D eigenvalue weighted by Crippen LogP contribution is 2.25. The zero-order valence-electron chi connectivity index (χ0n) is 14.4. The van der Waals surface area contributed by atoms with Crippen LogP contribution in [0.15, 0.2) is 30.5 Å². The first-order chi connectivity index (χ1) is 12.1. The number of β-amino-alcohol motifs (C(OH)–C–C–N with tert-alkyl or cyclic N) is 1. The highest BCUT2D eigenvalue weighted by atomic mass is 16.5. The molecule has 3 heterocycles. The largest absolute Gasteiger partial charge is 0.387 e. The van der Waals surface area contributed by atoms with E-state index in [1.54, 1.807) is 0 Å². The number of nitrogens with one attached hydrogen (secondary N) is 1. The van der Waals surface area contributed by atoms with E-state index >= 15 is 0 Å². The molecule has 25 heavy (non-hydrogen) atoms. The van der Waals surface area contributed by atoms with Gasteiger partial charge in [-0.15, -0.1) is 0 Å². The first kappa shape index (κ1) is 16.6. The maximum absolute atomic E-state index is 12.7. The molecule has 2 N–H and O–H groups in total. The van der Waals surface area contributed by atoms with Crippen molar-refractivity contribution in [1.82, 2.24) is 14.8 Å². The minimum atomic E-state index is -0.798. The van der Waals surface area contributed by atoms with Crippen LogP contribution in [0.4, 0.5) is 0 Å². The molecule has 6 nitrogen and oxygen atoms in total. The number of carbonyl (C=O) groups is 1. The minimum Gasteiger partial charge on any atom is -0.387 e. The molecule has 1 atom stereocenters. The quantitative estimate of drug-likeness (QED) is 0.869. The maximum atomic E-state index is 12.7. The molecule has 0 bridgehead atoms. The number of fused-ring (bicyclic) bond motifs is 1. The van der Waals surface area contributed by atoms with Crippen LogP contribution in [-0.2, 0) is 16.0 Å². The summed E-state index contributed by atoms with van der Waals surface area (Å²) < 4.78 is 5.36. The van der Waals surface area contributed by atoms with Gasteiger partial charge in [-0.1, -0.05) is 18.2 Å². The standard InChI is InChI=1S/C19H25N3O3/c23-18(11-15-12-20-17-4-2-1-3-16(15)17)22-6-5-19(24,14-22)13-21-7-9-25-10-8-21/h1-4,12,20,24H,5-11,13-14H2. The zero-order chi connectivity index (χ0) is 17.3.